The number of rotatable bonds is 4. The molecule has 0 atom stereocenters. The third-order valence-electron chi connectivity index (χ3n) is 2.99. The number of hydrogen-bond donors (Lipinski definition) is 2. The zero-order valence-electron chi connectivity index (χ0n) is 9.11. The molecule has 1 amide bonds. The molecule has 6 nitrogen and oxygen atoms in total. The summed E-state index contributed by atoms with van der Waals surface area (Å²) in [5, 5.41) is 6.48. The number of carbonyl (C=O) groups is 1. The van der Waals surface area contributed by atoms with Crippen molar-refractivity contribution in [2.24, 2.45) is 5.73 Å². The first-order chi connectivity index (χ1) is 7.71. The van der Waals surface area contributed by atoms with Crippen LogP contribution in [0.2, 0.25) is 0 Å². The normalized spacial score (nSPS) is 18.6. The Bertz CT molecular complexity index is 344. The molecule has 0 unspecified atom stereocenters. The summed E-state index contributed by atoms with van der Waals surface area (Å²) in [5.74, 6) is 0.534. The molecule has 1 aliphatic carbocycles. The van der Waals surface area contributed by atoms with Gasteiger partial charge in [0.2, 0.25) is 12.3 Å². The van der Waals surface area contributed by atoms with E-state index in [1.165, 1.54) is 6.39 Å². The van der Waals surface area contributed by atoms with Crippen LogP contribution in [0.4, 0.5) is 0 Å². The lowest BCUT2D eigenvalue weighted by molar-refractivity contribution is -0.126. The number of nitrogens with two attached hydrogens (primary N) is 1. The highest BCUT2D eigenvalue weighted by Crippen LogP contribution is 2.27. The summed E-state index contributed by atoms with van der Waals surface area (Å²) >= 11 is 0. The molecule has 0 saturated heterocycles. The predicted molar refractivity (Wildman–Crippen MR) is 56.4 cm³/mol. The van der Waals surface area contributed by atoms with Crippen LogP contribution < -0.4 is 11.1 Å². The van der Waals surface area contributed by atoms with Crippen LogP contribution in [0.1, 0.15) is 31.5 Å². The summed E-state index contributed by atoms with van der Waals surface area (Å²) in [5.41, 5.74) is 5.34. The minimum absolute atomic E-state index is 0.0616. The monoisotopic (exact) mass is 224 g/mol. The standard InChI is InChI=1S/C10H16N4O2/c11-10(4-1-2-5-10)9(15)12-6-3-8-13-7-16-14-8/h7H,1-6,11H2,(H,12,15). The van der Waals surface area contributed by atoms with Gasteiger partial charge in [-0.3, -0.25) is 4.79 Å². The summed E-state index contributed by atoms with van der Waals surface area (Å²) in [6.07, 6.45) is 5.47. The molecular formula is C10H16N4O2. The van der Waals surface area contributed by atoms with E-state index in [1.807, 2.05) is 0 Å². The lowest BCUT2D eigenvalue weighted by Crippen LogP contribution is -2.52. The minimum atomic E-state index is -0.656. The Morgan fingerprint density at radius 2 is 2.31 bits per heavy atom. The van der Waals surface area contributed by atoms with E-state index >= 15 is 0 Å². The van der Waals surface area contributed by atoms with E-state index in [4.69, 9.17) is 5.73 Å². The third kappa shape index (κ3) is 2.38. The van der Waals surface area contributed by atoms with Gasteiger partial charge in [-0.25, -0.2) is 0 Å². The summed E-state index contributed by atoms with van der Waals surface area (Å²) in [7, 11) is 0. The maximum absolute atomic E-state index is 11.8. The second-order valence-electron chi connectivity index (χ2n) is 4.22. The number of nitrogens with zero attached hydrogens (tertiary/aromatic N) is 2. The first-order valence-electron chi connectivity index (χ1n) is 5.53. The molecule has 0 aliphatic heterocycles. The molecule has 16 heavy (non-hydrogen) atoms. The van der Waals surface area contributed by atoms with Crippen molar-refractivity contribution in [1.82, 2.24) is 15.5 Å². The van der Waals surface area contributed by atoms with Crippen LogP contribution in [0, 0.1) is 0 Å². The van der Waals surface area contributed by atoms with Crippen LogP contribution in [0.5, 0.6) is 0 Å². The third-order valence-corrected chi connectivity index (χ3v) is 2.99. The predicted octanol–water partition coefficient (Wildman–Crippen LogP) is -0.000200. The largest absolute Gasteiger partial charge is 0.354 e. The molecule has 3 N–H and O–H groups in total. The molecule has 1 aromatic heterocycles. The molecule has 1 aliphatic rings. The van der Waals surface area contributed by atoms with Gasteiger partial charge < -0.3 is 15.6 Å². The average Bonchev–Trinajstić information content (AvgIpc) is 2.90. The van der Waals surface area contributed by atoms with Gasteiger partial charge in [-0.1, -0.05) is 18.0 Å². The summed E-state index contributed by atoms with van der Waals surface area (Å²) < 4.78 is 4.59. The number of carbonyl (C=O) groups excluding carboxylic acids is 1. The molecule has 1 fully saturated rings. The number of amides is 1. The SMILES string of the molecule is NC1(C(=O)NCCc2ncon2)CCCC1. The molecule has 1 heterocycles. The van der Waals surface area contributed by atoms with Gasteiger partial charge in [-0.05, 0) is 12.8 Å². The van der Waals surface area contributed by atoms with E-state index in [0.29, 0.717) is 18.8 Å². The van der Waals surface area contributed by atoms with Gasteiger partial charge in [-0.15, -0.1) is 0 Å². The molecule has 0 aromatic carbocycles. The van der Waals surface area contributed by atoms with Crippen molar-refractivity contribution in [1.29, 1.82) is 0 Å². The first kappa shape index (κ1) is 11.1. The van der Waals surface area contributed by atoms with E-state index in [9.17, 15) is 4.79 Å². The summed E-state index contributed by atoms with van der Waals surface area (Å²) in [6.45, 7) is 0.497. The van der Waals surface area contributed by atoms with Crippen molar-refractivity contribution in [2.75, 3.05) is 6.54 Å². The van der Waals surface area contributed by atoms with Crippen LogP contribution in [-0.2, 0) is 11.2 Å². The van der Waals surface area contributed by atoms with Crippen molar-refractivity contribution in [3.8, 4) is 0 Å². The van der Waals surface area contributed by atoms with E-state index in [0.717, 1.165) is 25.7 Å². The fourth-order valence-corrected chi connectivity index (χ4v) is 2.00. The first-order valence-corrected chi connectivity index (χ1v) is 5.53. The Morgan fingerprint density at radius 3 is 2.94 bits per heavy atom. The highest BCUT2D eigenvalue weighted by atomic mass is 16.5. The zero-order chi connectivity index (χ0) is 11.4. The quantitative estimate of drug-likeness (QED) is 0.750. The lowest BCUT2D eigenvalue weighted by Gasteiger charge is -2.21. The topological polar surface area (TPSA) is 94.0 Å². The molecule has 0 bridgehead atoms. The van der Waals surface area contributed by atoms with Gasteiger partial charge >= 0.3 is 0 Å². The Kier molecular flexibility index (Phi) is 3.19. The number of nitrogens with one attached hydrogen (secondary N) is 1. The smallest absolute Gasteiger partial charge is 0.240 e. The minimum Gasteiger partial charge on any atom is -0.354 e. The van der Waals surface area contributed by atoms with E-state index in [2.05, 4.69) is 20.0 Å². The van der Waals surface area contributed by atoms with Gasteiger partial charge in [0.05, 0.1) is 5.54 Å². The highest BCUT2D eigenvalue weighted by Gasteiger charge is 2.36. The maximum Gasteiger partial charge on any atom is 0.240 e. The van der Waals surface area contributed by atoms with E-state index in [1.54, 1.807) is 0 Å². The van der Waals surface area contributed by atoms with Crippen molar-refractivity contribution in [3.63, 3.8) is 0 Å². The Hall–Kier alpha value is -1.43. The zero-order valence-corrected chi connectivity index (χ0v) is 9.11. The average molecular weight is 224 g/mol. The number of aromatic nitrogens is 2. The van der Waals surface area contributed by atoms with Gasteiger partial charge in [-0.2, -0.15) is 4.98 Å². The molecule has 2 rings (SSSR count). The van der Waals surface area contributed by atoms with Gasteiger partial charge in [0.15, 0.2) is 5.82 Å². The molecular weight excluding hydrogens is 208 g/mol. The van der Waals surface area contributed by atoms with Gasteiger partial charge in [0.25, 0.3) is 0 Å². The highest BCUT2D eigenvalue weighted by molar-refractivity contribution is 5.86. The molecule has 0 radical (unpaired) electrons. The van der Waals surface area contributed by atoms with Crippen LogP contribution >= 0.6 is 0 Å². The van der Waals surface area contributed by atoms with Crippen molar-refractivity contribution in [2.45, 2.75) is 37.6 Å². The Labute approximate surface area is 93.6 Å². The Morgan fingerprint density at radius 1 is 1.56 bits per heavy atom. The Balaban J connectivity index is 1.75. The van der Waals surface area contributed by atoms with E-state index < -0.39 is 5.54 Å². The van der Waals surface area contributed by atoms with Crippen LogP contribution in [0.25, 0.3) is 0 Å². The fraction of sp³-hybridized carbons (Fsp3) is 0.700. The molecule has 1 aromatic rings. The maximum atomic E-state index is 11.8. The molecule has 1 saturated carbocycles. The lowest BCUT2D eigenvalue weighted by atomic mass is 9.98. The van der Waals surface area contributed by atoms with Crippen molar-refractivity contribution >= 4 is 5.91 Å². The van der Waals surface area contributed by atoms with Crippen LogP contribution in [0.15, 0.2) is 10.9 Å². The van der Waals surface area contributed by atoms with Crippen molar-refractivity contribution in [3.05, 3.63) is 12.2 Å². The molecule has 6 heteroatoms. The molecule has 88 valence electrons. The summed E-state index contributed by atoms with van der Waals surface area (Å²) in [6, 6.07) is 0. The van der Waals surface area contributed by atoms with Crippen LogP contribution in [0.3, 0.4) is 0 Å². The molecule has 0 spiro atoms. The van der Waals surface area contributed by atoms with Crippen molar-refractivity contribution < 1.29 is 9.32 Å². The summed E-state index contributed by atoms with van der Waals surface area (Å²) in [4.78, 5) is 15.7. The number of hydrogen-bond acceptors (Lipinski definition) is 5. The second-order valence-corrected chi connectivity index (χ2v) is 4.22. The van der Waals surface area contributed by atoms with Crippen LogP contribution in [-0.4, -0.2) is 28.1 Å². The van der Waals surface area contributed by atoms with Gasteiger partial charge in [0, 0.05) is 13.0 Å². The second kappa shape index (κ2) is 4.61. The van der Waals surface area contributed by atoms with Gasteiger partial charge in [0.1, 0.15) is 0 Å². The van der Waals surface area contributed by atoms with E-state index in [-0.39, 0.29) is 5.91 Å². The fourth-order valence-electron chi connectivity index (χ4n) is 2.00.